The summed E-state index contributed by atoms with van der Waals surface area (Å²) in [4.78, 5) is 24.4. The molecule has 2 aromatic carbocycles. The molecule has 0 aliphatic rings. The minimum absolute atomic E-state index is 0.137. The summed E-state index contributed by atoms with van der Waals surface area (Å²) >= 11 is 0. The Hall–Kier alpha value is -4.06. The maximum absolute atomic E-state index is 12.6. The Bertz CT molecular complexity index is 1180. The van der Waals surface area contributed by atoms with E-state index in [4.69, 9.17) is 9.15 Å². The third kappa shape index (κ3) is 4.44. The summed E-state index contributed by atoms with van der Waals surface area (Å²) < 4.78 is 13.0. The second-order valence-electron chi connectivity index (χ2n) is 6.30. The lowest BCUT2D eigenvalue weighted by molar-refractivity contribution is 0.0994. The number of hydrogen-bond acceptors (Lipinski definition) is 4. The number of carbonyl (C=O) groups excluding carboxylic acids is 1. The van der Waals surface area contributed by atoms with Crippen LogP contribution in [0.15, 0.2) is 100 Å². The number of para-hydroxylation sites is 3. The summed E-state index contributed by atoms with van der Waals surface area (Å²) in [5.41, 5.74) is 0.389. The van der Waals surface area contributed by atoms with E-state index >= 15 is 0 Å². The van der Waals surface area contributed by atoms with Crippen LogP contribution in [0.25, 0.3) is 0 Å². The second-order valence-corrected chi connectivity index (χ2v) is 6.30. The quantitative estimate of drug-likeness (QED) is 0.528. The minimum atomic E-state index is -0.402. The third-order valence-electron chi connectivity index (χ3n) is 4.22. The number of nitrogens with zero attached hydrogens (tertiary/aromatic N) is 1. The van der Waals surface area contributed by atoms with Crippen molar-refractivity contribution in [3.63, 3.8) is 0 Å². The van der Waals surface area contributed by atoms with Crippen LogP contribution < -0.4 is 15.6 Å². The number of anilines is 1. The highest BCUT2D eigenvalue weighted by atomic mass is 16.5. The number of carbonyl (C=O) groups is 1. The van der Waals surface area contributed by atoms with Gasteiger partial charge in [0.1, 0.15) is 11.5 Å². The van der Waals surface area contributed by atoms with E-state index in [0.717, 1.165) is 0 Å². The van der Waals surface area contributed by atoms with Crippen LogP contribution in [0.5, 0.6) is 11.5 Å². The molecule has 4 rings (SSSR count). The molecule has 4 aromatic rings. The maximum atomic E-state index is 12.6. The molecule has 0 saturated carbocycles. The number of furan rings is 1. The number of pyridine rings is 1. The molecule has 0 atom stereocenters. The van der Waals surface area contributed by atoms with Gasteiger partial charge in [-0.3, -0.25) is 9.59 Å². The molecule has 29 heavy (non-hydrogen) atoms. The van der Waals surface area contributed by atoms with Crippen molar-refractivity contribution in [1.82, 2.24) is 4.57 Å². The van der Waals surface area contributed by atoms with Crippen LogP contribution >= 0.6 is 0 Å². The number of ether oxygens (including phenoxy) is 1. The zero-order chi connectivity index (χ0) is 20.1. The number of amides is 1. The minimum Gasteiger partial charge on any atom is -0.455 e. The average molecular weight is 386 g/mol. The van der Waals surface area contributed by atoms with Crippen LogP contribution in [0.2, 0.25) is 0 Å². The number of aromatic nitrogens is 1. The van der Waals surface area contributed by atoms with Gasteiger partial charge in [-0.05, 0) is 42.5 Å². The summed E-state index contributed by atoms with van der Waals surface area (Å²) in [6.45, 7) is 0.251. The van der Waals surface area contributed by atoms with E-state index in [1.165, 1.54) is 10.6 Å². The van der Waals surface area contributed by atoms with Crippen LogP contribution in [-0.4, -0.2) is 10.5 Å². The Balaban J connectivity index is 1.48. The van der Waals surface area contributed by atoms with Crippen molar-refractivity contribution in [2.24, 2.45) is 0 Å². The topological polar surface area (TPSA) is 73.5 Å². The van der Waals surface area contributed by atoms with E-state index in [0.29, 0.717) is 22.9 Å². The van der Waals surface area contributed by atoms with Gasteiger partial charge in [-0.15, -0.1) is 0 Å². The standard InChI is InChI=1S/C23H18N2O4/c26-22-12-6-7-15-25(22)16-18-13-14-21(29-18)23(27)24-19-10-4-5-11-20(19)28-17-8-2-1-3-9-17/h1-15H,16H2,(H,24,27). The Labute approximate surface area is 167 Å². The molecule has 2 heterocycles. The summed E-state index contributed by atoms with van der Waals surface area (Å²) in [6, 6.07) is 24.7. The first kappa shape index (κ1) is 18.3. The van der Waals surface area contributed by atoms with Crippen molar-refractivity contribution in [3.8, 4) is 11.5 Å². The first-order valence-corrected chi connectivity index (χ1v) is 9.06. The third-order valence-corrected chi connectivity index (χ3v) is 4.22. The smallest absolute Gasteiger partial charge is 0.291 e. The van der Waals surface area contributed by atoms with Gasteiger partial charge in [0, 0.05) is 12.3 Å². The van der Waals surface area contributed by atoms with Gasteiger partial charge in [0.25, 0.3) is 11.5 Å². The van der Waals surface area contributed by atoms with Gasteiger partial charge in [0.2, 0.25) is 0 Å². The maximum Gasteiger partial charge on any atom is 0.291 e. The van der Waals surface area contributed by atoms with Gasteiger partial charge < -0.3 is 19.0 Å². The molecule has 0 bridgehead atoms. The predicted octanol–water partition coefficient (Wildman–Crippen LogP) is 4.53. The van der Waals surface area contributed by atoms with Gasteiger partial charge in [0.15, 0.2) is 11.5 Å². The number of rotatable bonds is 6. The van der Waals surface area contributed by atoms with Crippen molar-refractivity contribution in [1.29, 1.82) is 0 Å². The van der Waals surface area contributed by atoms with Crippen LogP contribution in [0, 0.1) is 0 Å². The van der Waals surface area contributed by atoms with E-state index in [1.54, 1.807) is 42.6 Å². The van der Waals surface area contributed by atoms with Gasteiger partial charge in [-0.1, -0.05) is 36.4 Å². The molecule has 0 radical (unpaired) electrons. The van der Waals surface area contributed by atoms with Crippen molar-refractivity contribution in [3.05, 3.63) is 113 Å². The molecule has 0 unspecified atom stereocenters. The molecule has 0 aliphatic carbocycles. The normalized spacial score (nSPS) is 10.5. The lowest BCUT2D eigenvalue weighted by Gasteiger charge is -2.11. The van der Waals surface area contributed by atoms with E-state index in [2.05, 4.69) is 5.32 Å². The van der Waals surface area contributed by atoms with Gasteiger partial charge >= 0.3 is 0 Å². The zero-order valence-corrected chi connectivity index (χ0v) is 15.4. The summed E-state index contributed by atoms with van der Waals surface area (Å²) in [5.74, 6) is 1.45. The van der Waals surface area contributed by atoms with Gasteiger partial charge in [0.05, 0.1) is 12.2 Å². The molecule has 144 valence electrons. The molecule has 1 N–H and O–H groups in total. The van der Waals surface area contributed by atoms with Crippen molar-refractivity contribution in [2.75, 3.05) is 5.32 Å². The van der Waals surface area contributed by atoms with Crippen molar-refractivity contribution in [2.45, 2.75) is 6.54 Å². The summed E-state index contributed by atoms with van der Waals surface area (Å²) in [6.07, 6.45) is 1.67. The SMILES string of the molecule is O=C(Nc1ccccc1Oc1ccccc1)c1ccc(Cn2ccccc2=O)o1. The number of benzene rings is 2. The second kappa shape index (κ2) is 8.31. The van der Waals surface area contributed by atoms with Gasteiger partial charge in [-0.25, -0.2) is 0 Å². The van der Waals surface area contributed by atoms with E-state index in [9.17, 15) is 9.59 Å². The Morgan fingerprint density at radius 3 is 2.48 bits per heavy atom. The monoisotopic (exact) mass is 386 g/mol. The molecule has 6 heteroatoms. The fraction of sp³-hybridized carbons (Fsp3) is 0.0435. The summed E-state index contributed by atoms with van der Waals surface area (Å²) in [5, 5.41) is 2.81. The predicted molar refractivity (Wildman–Crippen MR) is 109 cm³/mol. The molecular formula is C23H18N2O4. The lowest BCUT2D eigenvalue weighted by atomic mass is 10.2. The fourth-order valence-corrected chi connectivity index (χ4v) is 2.80. The average Bonchev–Trinajstić information content (AvgIpc) is 3.21. The highest BCUT2D eigenvalue weighted by molar-refractivity contribution is 6.03. The largest absolute Gasteiger partial charge is 0.455 e. The van der Waals surface area contributed by atoms with Gasteiger partial charge in [-0.2, -0.15) is 0 Å². The molecule has 1 amide bonds. The van der Waals surface area contributed by atoms with Crippen LogP contribution in [0.1, 0.15) is 16.3 Å². The molecule has 0 saturated heterocycles. The molecule has 2 aromatic heterocycles. The van der Waals surface area contributed by atoms with Crippen molar-refractivity contribution >= 4 is 11.6 Å². The first-order chi connectivity index (χ1) is 14.2. The van der Waals surface area contributed by atoms with Crippen LogP contribution in [0.3, 0.4) is 0 Å². The first-order valence-electron chi connectivity index (χ1n) is 9.06. The van der Waals surface area contributed by atoms with E-state index in [-0.39, 0.29) is 17.9 Å². The zero-order valence-electron chi connectivity index (χ0n) is 15.4. The highest BCUT2D eigenvalue weighted by Gasteiger charge is 2.14. The van der Waals surface area contributed by atoms with Crippen LogP contribution in [-0.2, 0) is 6.54 Å². The summed E-state index contributed by atoms with van der Waals surface area (Å²) in [7, 11) is 0. The van der Waals surface area contributed by atoms with Crippen LogP contribution in [0.4, 0.5) is 5.69 Å². The molecule has 0 fully saturated rings. The molecular weight excluding hydrogens is 368 g/mol. The number of nitrogens with one attached hydrogen (secondary N) is 1. The molecule has 6 nitrogen and oxygen atoms in total. The Kier molecular flexibility index (Phi) is 5.25. The van der Waals surface area contributed by atoms with E-state index in [1.807, 2.05) is 42.5 Å². The lowest BCUT2D eigenvalue weighted by Crippen LogP contribution is -2.18. The highest BCUT2D eigenvalue weighted by Crippen LogP contribution is 2.29. The Morgan fingerprint density at radius 2 is 1.66 bits per heavy atom. The fourth-order valence-electron chi connectivity index (χ4n) is 2.80. The molecule has 0 aliphatic heterocycles. The molecule has 0 spiro atoms. The van der Waals surface area contributed by atoms with Crippen molar-refractivity contribution < 1.29 is 13.9 Å². The number of hydrogen-bond donors (Lipinski definition) is 1. The van der Waals surface area contributed by atoms with E-state index < -0.39 is 5.91 Å². The Morgan fingerprint density at radius 1 is 0.897 bits per heavy atom.